The van der Waals surface area contributed by atoms with Crippen LogP contribution in [0.5, 0.6) is 0 Å². The standard InChI is InChI=1S/C19H19ClN4/c1-12-3-4-15(9-13(12)2)17-10-18(14-5-7-16(20)8-6-14)24-19(23-17)21-11-22-24/h3-9,11,17-18H,10H2,1-2H3,(H,21,22,23)/t17-,18+/m0/s1. The second-order valence-electron chi connectivity index (χ2n) is 6.37. The molecule has 1 N–H and O–H groups in total. The van der Waals surface area contributed by atoms with Crippen molar-refractivity contribution in [1.29, 1.82) is 0 Å². The summed E-state index contributed by atoms with van der Waals surface area (Å²) in [4.78, 5) is 4.38. The number of hydrogen-bond donors (Lipinski definition) is 1. The van der Waals surface area contributed by atoms with E-state index in [9.17, 15) is 0 Å². The fraction of sp³-hybridized carbons (Fsp3) is 0.263. The molecule has 0 saturated heterocycles. The molecule has 0 aliphatic carbocycles. The van der Waals surface area contributed by atoms with Crippen molar-refractivity contribution in [2.75, 3.05) is 5.32 Å². The fourth-order valence-electron chi connectivity index (χ4n) is 3.28. The first-order valence-electron chi connectivity index (χ1n) is 8.10. The van der Waals surface area contributed by atoms with Gasteiger partial charge in [-0.05, 0) is 54.7 Å². The van der Waals surface area contributed by atoms with Crippen molar-refractivity contribution in [3.05, 3.63) is 76.1 Å². The van der Waals surface area contributed by atoms with E-state index in [1.807, 2.05) is 16.8 Å². The monoisotopic (exact) mass is 338 g/mol. The van der Waals surface area contributed by atoms with Crippen LogP contribution in [0.15, 0.2) is 48.8 Å². The molecule has 1 aliphatic rings. The lowest BCUT2D eigenvalue weighted by Gasteiger charge is -2.32. The van der Waals surface area contributed by atoms with Gasteiger partial charge in [0.2, 0.25) is 5.95 Å². The number of benzene rings is 2. The Labute approximate surface area is 146 Å². The van der Waals surface area contributed by atoms with Gasteiger partial charge in [0.15, 0.2) is 0 Å². The molecule has 2 aromatic carbocycles. The Hall–Kier alpha value is -2.33. The smallest absolute Gasteiger partial charge is 0.222 e. The molecule has 1 aliphatic heterocycles. The van der Waals surface area contributed by atoms with E-state index < -0.39 is 0 Å². The molecule has 24 heavy (non-hydrogen) atoms. The molecule has 4 nitrogen and oxygen atoms in total. The van der Waals surface area contributed by atoms with E-state index in [-0.39, 0.29) is 12.1 Å². The minimum Gasteiger partial charge on any atom is -0.348 e. The third-order valence-electron chi connectivity index (χ3n) is 4.82. The van der Waals surface area contributed by atoms with Crippen LogP contribution in [0.25, 0.3) is 0 Å². The van der Waals surface area contributed by atoms with E-state index in [1.54, 1.807) is 6.33 Å². The molecule has 2 atom stereocenters. The second-order valence-corrected chi connectivity index (χ2v) is 6.81. The Morgan fingerprint density at radius 2 is 1.79 bits per heavy atom. The van der Waals surface area contributed by atoms with Crippen molar-refractivity contribution in [3.8, 4) is 0 Å². The predicted octanol–water partition coefficient (Wildman–Crippen LogP) is 4.69. The number of aryl methyl sites for hydroxylation is 2. The van der Waals surface area contributed by atoms with Crippen LogP contribution >= 0.6 is 11.6 Å². The maximum atomic E-state index is 6.04. The minimum atomic E-state index is 0.146. The van der Waals surface area contributed by atoms with E-state index >= 15 is 0 Å². The largest absolute Gasteiger partial charge is 0.348 e. The first-order chi connectivity index (χ1) is 11.6. The van der Waals surface area contributed by atoms with Crippen molar-refractivity contribution >= 4 is 17.5 Å². The number of nitrogens with zero attached hydrogens (tertiary/aromatic N) is 3. The molecule has 5 heteroatoms. The minimum absolute atomic E-state index is 0.146. The van der Waals surface area contributed by atoms with Crippen molar-refractivity contribution in [2.45, 2.75) is 32.4 Å². The summed E-state index contributed by atoms with van der Waals surface area (Å²) in [5.74, 6) is 0.810. The van der Waals surface area contributed by atoms with Gasteiger partial charge in [0.05, 0.1) is 12.1 Å². The average molecular weight is 339 g/mol. The molecule has 0 spiro atoms. The van der Waals surface area contributed by atoms with Gasteiger partial charge in [0.25, 0.3) is 0 Å². The fourth-order valence-corrected chi connectivity index (χ4v) is 3.41. The summed E-state index contributed by atoms with van der Waals surface area (Å²) < 4.78 is 1.96. The van der Waals surface area contributed by atoms with Gasteiger partial charge in [-0.25, -0.2) is 4.68 Å². The number of halogens is 1. The highest BCUT2D eigenvalue weighted by Gasteiger charge is 2.29. The molecular formula is C19H19ClN4. The van der Waals surface area contributed by atoms with E-state index in [0.717, 1.165) is 17.4 Å². The first kappa shape index (κ1) is 15.2. The molecule has 0 unspecified atom stereocenters. The summed E-state index contributed by atoms with van der Waals surface area (Å²) in [6, 6.07) is 15.0. The van der Waals surface area contributed by atoms with E-state index in [1.165, 1.54) is 22.3 Å². The van der Waals surface area contributed by atoms with Crippen molar-refractivity contribution in [1.82, 2.24) is 14.8 Å². The van der Waals surface area contributed by atoms with Crippen LogP contribution in [0, 0.1) is 13.8 Å². The molecular weight excluding hydrogens is 320 g/mol. The second kappa shape index (κ2) is 5.95. The Kier molecular flexibility index (Phi) is 3.77. The predicted molar refractivity (Wildman–Crippen MR) is 96.5 cm³/mol. The van der Waals surface area contributed by atoms with Crippen LogP contribution < -0.4 is 5.32 Å². The van der Waals surface area contributed by atoms with Gasteiger partial charge in [-0.3, -0.25) is 0 Å². The molecule has 0 bridgehead atoms. The van der Waals surface area contributed by atoms with Crippen LogP contribution in [0.1, 0.15) is 40.8 Å². The molecule has 3 aromatic rings. The van der Waals surface area contributed by atoms with E-state index in [0.29, 0.717) is 0 Å². The highest BCUT2D eigenvalue weighted by atomic mass is 35.5. The SMILES string of the molecule is Cc1ccc([C@@H]2C[C@H](c3ccc(Cl)cc3)n3ncnc3N2)cc1C. The summed E-state index contributed by atoms with van der Waals surface area (Å²) >= 11 is 6.04. The third kappa shape index (κ3) is 2.67. The third-order valence-corrected chi connectivity index (χ3v) is 5.07. The summed E-state index contributed by atoms with van der Waals surface area (Å²) in [6.45, 7) is 4.29. The van der Waals surface area contributed by atoms with Crippen LogP contribution in [0.4, 0.5) is 5.95 Å². The average Bonchev–Trinajstić information content (AvgIpc) is 3.06. The number of nitrogens with one attached hydrogen (secondary N) is 1. The quantitative estimate of drug-likeness (QED) is 0.736. The lowest BCUT2D eigenvalue weighted by Crippen LogP contribution is -2.28. The highest BCUT2D eigenvalue weighted by Crippen LogP contribution is 2.37. The maximum absolute atomic E-state index is 6.04. The topological polar surface area (TPSA) is 42.7 Å². The van der Waals surface area contributed by atoms with Gasteiger partial charge in [-0.15, -0.1) is 0 Å². The zero-order valence-corrected chi connectivity index (χ0v) is 14.5. The number of hydrogen-bond acceptors (Lipinski definition) is 3. The summed E-state index contributed by atoms with van der Waals surface area (Å²) in [5, 5.41) is 8.67. The van der Waals surface area contributed by atoms with Gasteiger partial charge in [-0.2, -0.15) is 10.1 Å². The normalized spacial score (nSPS) is 19.6. The lowest BCUT2D eigenvalue weighted by molar-refractivity contribution is 0.431. The molecule has 2 heterocycles. The Morgan fingerprint density at radius 3 is 2.54 bits per heavy atom. The maximum Gasteiger partial charge on any atom is 0.222 e. The van der Waals surface area contributed by atoms with Gasteiger partial charge in [-0.1, -0.05) is 41.9 Å². The molecule has 0 fully saturated rings. The first-order valence-corrected chi connectivity index (χ1v) is 8.48. The molecule has 1 aromatic heterocycles. The van der Waals surface area contributed by atoms with Gasteiger partial charge in [0, 0.05) is 5.02 Å². The summed E-state index contributed by atoms with van der Waals surface area (Å²) in [5.41, 5.74) is 5.10. The number of rotatable bonds is 2. The molecule has 122 valence electrons. The summed E-state index contributed by atoms with van der Waals surface area (Å²) in [6.07, 6.45) is 2.52. The van der Waals surface area contributed by atoms with E-state index in [2.05, 4.69) is 59.6 Å². The number of anilines is 1. The Balaban J connectivity index is 1.72. The van der Waals surface area contributed by atoms with Crippen LogP contribution in [-0.2, 0) is 0 Å². The summed E-state index contributed by atoms with van der Waals surface area (Å²) in [7, 11) is 0. The van der Waals surface area contributed by atoms with E-state index in [4.69, 9.17) is 11.6 Å². The molecule has 0 amide bonds. The van der Waals surface area contributed by atoms with Crippen molar-refractivity contribution < 1.29 is 0 Å². The zero-order valence-electron chi connectivity index (χ0n) is 13.7. The molecule has 0 radical (unpaired) electrons. The zero-order chi connectivity index (χ0) is 16.7. The Morgan fingerprint density at radius 1 is 1.04 bits per heavy atom. The van der Waals surface area contributed by atoms with Crippen molar-refractivity contribution in [3.63, 3.8) is 0 Å². The number of fused-ring (bicyclic) bond motifs is 1. The van der Waals surface area contributed by atoms with Crippen LogP contribution in [0.2, 0.25) is 5.02 Å². The van der Waals surface area contributed by atoms with Gasteiger partial charge >= 0.3 is 0 Å². The Bertz CT molecular complexity index is 869. The number of aromatic nitrogens is 3. The highest BCUT2D eigenvalue weighted by molar-refractivity contribution is 6.30. The van der Waals surface area contributed by atoms with Crippen LogP contribution in [-0.4, -0.2) is 14.8 Å². The van der Waals surface area contributed by atoms with Gasteiger partial charge < -0.3 is 5.32 Å². The lowest BCUT2D eigenvalue weighted by atomic mass is 9.92. The van der Waals surface area contributed by atoms with Crippen molar-refractivity contribution in [2.24, 2.45) is 0 Å². The van der Waals surface area contributed by atoms with Gasteiger partial charge in [0.1, 0.15) is 6.33 Å². The van der Waals surface area contributed by atoms with Crippen LogP contribution in [0.3, 0.4) is 0 Å². The molecule has 4 rings (SSSR count). The molecule has 0 saturated carbocycles.